The van der Waals surface area contributed by atoms with Gasteiger partial charge in [-0.15, -0.1) is 0 Å². The van der Waals surface area contributed by atoms with Crippen molar-refractivity contribution in [3.63, 3.8) is 0 Å². The van der Waals surface area contributed by atoms with E-state index >= 15 is 0 Å². The summed E-state index contributed by atoms with van der Waals surface area (Å²) < 4.78 is 0. The number of amides is 3. The molecule has 3 aromatic carbocycles. The number of carbonyl (C=O) groups is 4. The van der Waals surface area contributed by atoms with Crippen LogP contribution in [0.1, 0.15) is 37.0 Å². The Balaban J connectivity index is 1.86. The molecule has 0 saturated heterocycles. The summed E-state index contributed by atoms with van der Waals surface area (Å²) in [4.78, 5) is 52.4. The molecule has 0 heterocycles. The third-order valence-corrected chi connectivity index (χ3v) is 7.48. The number of phenols is 2. The first-order valence-electron chi connectivity index (χ1n) is 14.5. The Labute approximate surface area is 256 Å². The highest BCUT2D eigenvalue weighted by atomic mass is 16.4. The van der Waals surface area contributed by atoms with Crippen LogP contribution in [0.15, 0.2) is 78.9 Å². The van der Waals surface area contributed by atoms with E-state index in [-0.39, 0.29) is 36.7 Å². The van der Waals surface area contributed by atoms with Gasteiger partial charge in [-0.2, -0.15) is 0 Å². The van der Waals surface area contributed by atoms with E-state index in [1.807, 2.05) is 32.0 Å². The van der Waals surface area contributed by atoms with Gasteiger partial charge in [-0.25, -0.2) is 4.79 Å². The number of carboxylic acid groups (broad SMARTS) is 1. The summed E-state index contributed by atoms with van der Waals surface area (Å²) in [5.41, 5.74) is 8.06. The predicted octanol–water partition coefficient (Wildman–Crippen LogP) is 2.04. The summed E-state index contributed by atoms with van der Waals surface area (Å²) in [6.07, 6.45) is 0.689. The smallest absolute Gasteiger partial charge is 0.326 e. The van der Waals surface area contributed by atoms with E-state index in [1.54, 1.807) is 36.4 Å². The quantitative estimate of drug-likeness (QED) is 0.137. The van der Waals surface area contributed by atoms with Gasteiger partial charge in [0.15, 0.2) is 0 Å². The third kappa shape index (κ3) is 10.1. The first kappa shape index (κ1) is 33.6. The molecule has 5 unspecified atom stereocenters. The Kier molecular flexibility index (Phi) is 12.3. The number of carboxylic acids is 1. The van der Waals surface area contributed by atoms with Crippen molar-refractivity contribution in [2.75, 3.05) is 0 Å². The fraction of sp³-hybridized carbons (Fsp3) is 0.333. The number of rotatable bonds is 15. The number of aliphatic carboxylic acids is 1. The van der Waals surface area contributed by atoms with E-state index in [1.165, 1.54) is 24.3 Å². The normalized spacial score (nSPS) is 14.3. The number of carbonyl (C=O) groups excluding carboxylic acids is 3. The zero-order valence-corrected chi connectivity index (χ0v) is 24.8. The summed E-state index contributed by atoms with van der Waals surface area (Å²) in [5, 5.41) is 37.1. The molecule has 11 nitrogen and oxygen atoms in total. The van der Waals surface area contributed by atoms with Gasteiger partial charge in [0, 0.05) is 19.3 Å². The van der Waals surface area contributed by atoms with Crippen LogP contribution >= 0.6 is 0 Å². The Morgan fingerprint density at radius 1 is 0.636 bits per heavy atom. The van der Waals surface area contributed by atoms with Crippen molar-refractivity contribution in [3.05, 3.63) is 95.6 Å². The van der Waals surface area contributed by atoms with E-state index in [2.05, 4.69) is 16.0 Å². The maximum Gasteiger partial charge on any atom is 0.326 e. The predicted molar refractivity (Wildman–Crippen MR) is 165 cm³/mol. The lowest BCUT2D eigenvalue weighted by atomic mass is 9.98. The van der Waals surface area contributed by atoms with Crippen LogP contribution in [0.3, 0.4) is 0 Å². The van der Waals surface area contributed by atoms with Crippen LogP contribution in [0.4, 0.5) is 0 Å². The minimum absolute atomic E-state index is 0.0157. The highest BCUT2D eigenvalue weighted by molar-refractivity contribution is 5.94. The van der Waals surface area contributed by atoms with Crippen LogP contribution in [0.25, 0.3) is 0 Å². The van der Waals surface area contributed by atoms with E-state index in [4.69, 9.17) is 5.73 Å². The van der Waals surface area contributed by atoms with Crippen molar-refractivity contribution < 1.29 is 34.5 Å². The van der Waals surface area contributed by atoms with Crippen LogP contribution < -0.4 is 21.7 Å². The molecular formula is C33H40N4O7. The topological polar surface area (TPSA) is 191 Å². The molecule has 5 atom stereocenters. The van der Waals surface area contributed by atoms with Crippen LogP contribution in [-0.4, -0.2) is 63.2 Å². The Bertz CT molecular complexity index is 1400. The monoisotopic (exact) mass is 604 g/mol. The van der Waals surface area contributed by atoms with E-state index < -0.39 is 47.9 Å². The van der Waals surface area contributed by atoms with Gasteiger partial charge in [0.05, 0.1) is 6.04 Å². The molecule has 0 bridgehead atoms. The molecule has 234 valence electrons. The molecule has 0 spiro atoms. The number of hydrogen-bond acceptors (Lipinski definition) is 7. The second-order valence-corrected chi connectivity index (χ2v) is 10.9. The lowest BCUT2D eigenvalue weighted by Gasteiger charge is -2.26. The first-order valence-corrected chi connectivity index (χ1v) is 14.5. The van der Waals surface area contributed by atoms with Gasteiger partial charge in [0.25, 0.3) is 0 Å². The minimum atomic E-state index is -1.33. The van der Waals surface area contributed by atoms with Crippen molar-refractivity contribution in [1.82, 2.24) is 16.0 Å². The highest BCUT2D eigenvalue weighted by Gasteiger charge is 2.31. The van der Waals surface area contributed by atoms with Crippen LogP contribution in [0.5, 0.6) is 11.5 Å². The summed E-state index contributed by atoms with van der Waals surface area (Å²) in [6, 6.07) is 16.5. The maximum absolute atomic E-state index is 13.7. The molecule has 11 heteroatoms. The molecule has 3 rings (SSSR count). The molecule has 0 aromatic heterocycles. The number of benzene rings is 3. The first-order chi connectivity index (χ1) is 21.0. The average molecular weight is 605 g/mol. The van der Waals surface area contributed by atoms with Crippen molar-refractivity contribution >= 4 is 23.7 Å². The number of phenolic OH excluding ortho intramolecular Hbond substituents is 2. The molecule has 0 aliphatic rings. The standard InChI is InChI=1S/C33H40N4O7/c1-3-20(2)29(34)32(42)36-27(17-21-7-5-4-6-8-21)30(40)35-26(18-22-9-13-24(38)14-10-22)31(41)37-28(33(43)44)19-23-11-15-25(39)16-12-23/h4-16,20,26-29,38-39H,3,17-19,34H2,1-2H3,(H,35,40)(H,36,42)(H,37,41)(H,43,44). The van der Waals surface area contributed by atoms with Crippen molar-refractivity contribution in [2.24, 2.45) is 11.7 Å². The minimum Gasteiger partial charge on any atom is -0.508 e. The van der Waals surface area contributed by atoms with E-state index in [0.717, 1.165) is 5.56 Å². The van der Waals surface area contributed by atoms with Gasteiger partial charge < -0.3 is 37.0 Å². The molecule has 0 aliphatic carbocycles. The largest absolute Gasteiger partial charge is 0.508 e. The fourth-order valence-corrected chi connectivity index (χ4v) is 4.53. The number of aromatic hydroxyl groups is 2. The molecule has 0 fully saturated rings. The summed E-state index contributed by atoms with van der Waals surface area (Å²) in [6.45, 7) is 3.75. The molecule has 44 heavy (non-hydrogen) atoms. The van der Waals surface area contributed by atoms with E-state index in [9.17, 15) is 34.5 Å². The second-order valence-electron chi connectivity index (χ2n) is 10.9. The van der Waals surface area contributed by atoms with Gasteiger partial charge >= 0.3 is 5.97 Å². The van der Waals surface area contributed by atoms with E-state index in [0.29, 0.717) is 17.5 Å². The summed E-state index contributed by atoms with van der Waals surface area (Å²) >= 11 is 0. The molecule has 3 amide bonds. The summed E-state index contributed by atoms with van der Waals surface area (Å²) in [7, 11) is 0. The van der Waals surface area contributed by atoms with Crippen LogP contribution in [0, 0.1) is 5.92 Å². The van der Waals surface area contributed by atoms with Crippen molar-refractivity contribution in [3.8, 4) is 11.5 Å². The molecule has 8 N–H and O–H groups in total. The summed E-state index contributed by atoms with van der Waals surface area (Å²) in [5.74, 6) is -3.29. The Morgan fingerprint density at radius 3 is 1.45 bits per heavy atom. The van der Waals surface area contributed by atoms with Gasteiger partial charge in [0.1, 0.15) is 29.6 Å². The van der Waals surface area contributed by atoms with Gasteiger partial charge in [-0.3, -0.25) is 14.4 Å². The number of nitrogens with two attached hydrogens (primary N) is 1. The zero-order chi connectivity index (χ0) is 32.2. The lowest BCUT2D eigenvalue weighted by molar-refractivity contribution is -0.142. The molecule has 0 radical (unpaired) electrons. The van der Waals surface area contributed by atoms with Gasteiger partial charge in [0.2, 0.25) is 17.7 Å². The Morgan fingerprint density at radius 2 is 1.02 bits per heavy atom. The third-order valence-electron chi connectivity index (χ3n) is 7.48. The van der Waals surface area contributed by atoms with Gasteiger partial charge in [-0.1, -0.05) is 74.9 Å². The molecule has 3 aromatic rings. The molecule has 0 aliphatic heterocycles. The second kappa shape index (κ2) is 16.1. The highest BCUT2D eigenvalue weighted by Crippen LogP contribution is 2.14. The average Bonchev–Trinajstić information content (AvgIpc) is 3.01. The van der Waals surface area contributed by atoms with Crippen LogP contribution in [-0.2, 0) is 38.4 Å². The fourth-order valence-electron chi connectivity index (χ4n) is 4.53. The Hall–Kier alpha value is -4.90. The van der Waals surface area contributed by atoms with Crippen LogP contribution in [0.2, 0.25) is 0 Å². The van der Waals surface area contributed by atoms with Gasteiger partial charge in [-0.05, 0) is 46.9 Å². The number of nitrogens with one attached hydrogen (secondary N) is 3. The lowest BCUT2D eigenvalue weighted by Crippen LogP contribution is -2.58. The molecular weight excluding hydrogens is 564 g/mol. The van der Waals surface area contributed by atoms with Crippen molar-refractivity contribution in [1.29, 1.82) is 0 Å². The molecule has 0 saturated carbocycles. The van der Waals surface area contributed by atoms with Crippen molar-refractivity contribution in [2.45, 2.75) is 63.7 Å². The maximum atomic E-state index is 13.7. The SMILES string of the molecule is CCC(C)C(N)C(=O)NC(Cc1ccccc1)C(=O)NC(Cc1ccc(O)cc1)C(=O)NC(Cc1ccc(O)cc1)C(=O)O. The zero-order valence-electron chi connectivity index (χ0n) is 24.8. The number of hydrogen-bond donors (Lipinski definition) is 7.